The molecule has 12 heavy (non-hydrogen) atoms. The third-order valence-corrected chi connectivity index (χ3v) is 1.60. The molecule has 2 N–H and O–H groups in total. The summed E-state index contributed by atoms with van der Waals surface area (Å²) in [6.45, 7) is 7.49. The first kappa shape index (κ1) is 11.4. The molecule has 1 fully saturated rings. The molecule has 0 amide bonds. The lowest BCUT2D eigenvalue weighted by atomic mass is 9.98. The minimum atomic E-state index is -0.757. The van der Waals surface area contributed by atoms with Crippen LogP contribution in [0.4, 0.5) is 0 Å². The number of aliphatic carboxylic acids is 1. The summed E-state index contributed by atoms with van der Waals surface area (Å²) in [5.41, 5.74) is -0.583. The highest BCUT2D eigenvalue weighted by Crippen LogP contribution is 2.11. The molecule has 0 atom stereocenters. The molecule has 0 aromatic rings. The van der Waals surface area contributed by atoms with Gasteiger partial charge in [0.1, 0.15) is 0 Å². The van der Waals surface area contributed by atoms with Gasteiger partial charge in [0.2, 0.25) is 0 Å². The predicted molar refractivity (Wildman–Crippen MR) is 49.2 cm³/mol. The number of hydrogen-bond donors (Lipinski definition) is 2. The Morgan fingerprint density at radius 1 is 1.25 bits per heavy atom. The molecule has 0 radical (unpaired) electrons. The summed E-state index contributed by atoms with van der Waals surface area (Å²) in [5, 5.41) is 11.5. The summed E-state index contributed by atoms with van der Waals surface area (Å²) in [6.07, 6.45) is 2.78. The van der Waals surface area contributed by atoms with Crippen molar-refractivity contribution in [3.63, 3.8) is 0 Å². The molecule has 1 saturated heterocycles. The predicted octanol–water partition coefficient (Wildman–Crippen LogP) is 1.49. The van der Waals surface area contributed by atoms with E-state index in [1.54, 1.807) is 20.8 Å². The zero-order valence-corrected chi connectivity index (χ0v) is 8.18. The lowest BCUT2D eigenvalue weighted by Gasteiger charge is -2.08. The molecular weight excluding hydrogens is 154 g/mol. The number of rotatable bonds is 0. The van der Waals surface area contributed by atoms with Crippen LogP contribution in [-0.4, -0.2) is 24.2 Å². The van der Waals surface area contributed by atoms with Gasteiger partial charge in [-0.25, -0.2) is 0 Å². The molecule has 1 rings (SSSR count). The molecule has 1 heterocycles. The van der Waals surface area contributed by atoms with Gasteiger partial charge in [-0.1, -0.05) is 0 Å². The van der Waals surface area contributed by atoms with Crippen LogP contribution in [0, 0.1) is 5.41 Å². The Kier molecular flexibility index (Phi) is 4.90. The fraction of sp³-hybridized carbons (Fsp3) is 0.889. The normalized spacial score (nSPS) is 16.6. The highest BCUT2D eigenvalue weighted by molar-refractivity contribution is 5.72. The number of carboxylic acid groups (broad SMARTS) is 1. The van der Waals surface area contributed by atoms with Gasteiger partial charge in [0.15, 0.2) is 0 Å². The van der Waals surface area contributed by atoms with Crippen molar-refractivity contribution in [2.24, 2.45) is 5.41 Å². The van der Waals surface area contributed by atoms with Crippen molar-refractivity contribution in [3.8, 4) is 0 Å². The van der Waals surface area contributed by atoms with Crippen LogP contribution >= 0.6 is 0 Å². The zero-order chi connectivity index (χ0) is 9.61. The van der Waals surface area contributed by atoms with E-state index in [1.165, 1.54) is 25.9 Å². The first-order chi connectivity index (χ1) is 5.44. The van der Waals surface area contributed by atoms with Crippen LogP contribution in [0.25, 0.3) is 0 Å². The van der Waals surface area contributed by atoms with Gasteiger partial charge in [-0.2, -0.15) is 0 Å². The third kappa shape index (κ3) is 6.16. The summed E-state index contributed by atoms with van der Waals surface area (Å²) in [7, 11) is 0. The number of carbonyl (C=O) groups is 1. The van der Waals surface area contributed by atoms with E-state index < -0.39 is 11.4 Å². The molecule has 0 unspecified atom stereocenters. The second-order valence-electron chi connectivity index (χ2n) is 4.01. The standard InChI is InChI=1S/C5H10O2.C4H9N/c1-5(2,3)4(6)7;1-2-4-5-3-1/h1-3H3,(H,6,7);5H,1-4H2. The van der Waals surface area contributed by atoms with E-state index >= 15 is 0 Å². The second kappa shape index (κ2) is 5.14. The fourth-order valence-corrected chi connectivity index (χ4v) is 0.625. The topological polar surface area (TPSA) is 49.3 Å². The summed E-state index contributed by atoms with van der Waals surface area (Å²) in [4.78, 5) is 10.0. The maximum absolute atomic E-state index is 10.0. The fourth-order valence-electron chi connectivity index (χ4n) is 0.625. The Morgan fingerprint density at radius 2 is 1.58 bits per heavy atom. The van der Waals surface area contributed by atoms with Gasteiger partial charge in [0, 0.05) is 0 Å². The highest BCUT2D eigenvalue weighted by atomic mass is 16.4. The minimum Gasteiger partial charge on any atom is -0.481 e. The molecule has 0 aromatic carbocycles. The maximum atomic E-state index is 10.0. The molecule has 0 spiro atoms. The van der Waals surface area contributed by atoms with Gasteiger partial charge in [-0.15, -0.1) is 0 Å². The van der Waals surface area contributed by atoms with E-state index in [4.69, 9.17) is 5.11 Å². The summed E-state index contributed by atoms with van der Waals surface area (Å²) < 4.78 is 0. The van der Waals surface area contributed by atoms with Crippen LogP contribution in [0.5, 0.6) is 0 Å². The van der Waals surface area contributed by atoms with Crippen molar-refractivity contribution in [1.29, 1.82) is 0 Å². The molecular formula is C9H19NO2. The van der Waals surface area contributed by atoms with Gasteiger partial charge in [-0.3, -0.25) is 4.79 Å². The summed E-state index contributed by atoms with van der Waals surface area (Å²) in [5.74, 6) is -0.757. The van der Waals surface area contributed by atoms with Crippen molar-refractivity contribution < 1.29 is 9.90 Å². The van der Waals surface area contributed by atoms with Gasteiger partial charge in [-0.05, 0) is 46.7 Å². The molecule has 1 aliphatic heterocycles. The molecule has 72 valence electrons. The summed E-state index contributed by atoms with van der Waals surface area (Å²) in [6, 6.07) is 0. The smallest absolute Gasteiger partial charge is 0.308 e. The van der Waals surface area contributed by atoms with Crippen molar-refractivity contribution >= 4 is 5.97 Å². The SMILES string of the molecule is C1CCNC1.CC(C)(C)C(=O)O. The van der Waals surface area contributed by atoms with Crippen molar-refractivity contribution in [3.05, 3.63) is 0 Å². The lowest BCUT2D eigenvalue weighted by molar-refractivity contribution is -0.145. The van der Waals surface area contributed by atoms with Crippen LogP contribution in [0.1, 0.15) is 33.6 Å². The van der Waals surface area contributed by atoms with E-state index in [9.17, 15) is 4.79 Å². The van der Waals surface area contributed by atoms with Crippen LogP contribution in [-0.2, 0) is 4.79 Å². The van der Waals surface area contributed by atoms with Crippen molar-refractivity contribution in [2.75, 3.05) is 13.1 Å². The van der Waals surface area contributed by atoms with E-state index in [0.717, 1.165) is 0 Å². The Labute approximate surface area is 74.2 Å². The Morgan fingerprint density at radius 3 is 1.67 bits per heavy atom. The quantitative estimate of drug-likeness (QED) is 0.583. The van der Waals surface area contributed by atoms with Gasteiger partial charge in [0.25, 0.3) is 0 Å². The third-order valence-electron chi connectivity index (χ3n) is 1.60. The van der Waals surface area contributed by atoms with E-state index in [0.29, 0.717) is 0 Å². The average Bonchev–Trinajstić information content (AvgIpc) is 2.39. The van der Waals surface area contributed by atoms with Crippen molar-refractivity contribution in [1.82, 2.24) is 5.32 Å². The molecule has 0 aromatic heterocycles. The van der Waals surface area contributed by atoms with Crippen LogP contribution in [0.2, 0.25) is 0 Å². The molecule has 0 saturated carbocycles. The Hall–Kier alpha value is -0.570. The number of hydrogen-bond acceptors (Lipinski definition) is 2. The van der Waals surface area contributed by atoms with Crippen molar-refractivity contribution in [2.45, 2.75) is 33.6 Å². The highest BCUT2D eigenvalue weighted by Gasteiger charge is 2.18. The van der Waals surface area contributed by atoms with E-state index in [1.807, 2.05) is 0 Å². The van der Waals surface area contributed by atoms with E-state index in [2.05, 4.69) is 5.32 Å². The largest absolute Gasteiger partial charge is 0.481 e. The average molecular weight is 173 g/mol. The monoisotopic (exact) mass is 173 g/mol. The Bertz CT molecular complexity index is 126. The molecule has 3 heteroatoms. The van der Waals surface area contributed by atoms with Crippen LogP contribution in [0.15, 0.2) is 0 Å². The number of nitrogens with one attached hydrogen (secondary N) is 1. The molecule has 3 nitrogen and oxygen atoms in total. The Balaban J connectivity index is 0.000000211. The zero-order valence-electron chi connectivity index (χ0n) is 8.18. The maximum Gasteiger partial charge on any atom is 0.308 e. The van der Waals surface area contributed by atoms with Gasteiger partial charge >= 0.3 is 5.97 Å². The van der Waals surface area contributed by atoms with Crippen LogP contribution in [0.3, 0.4) is 0 Å². The second-order valence-corrected chi connectivity index (χ2v) is 4.01. The lowest BCUT2D eigenvalue weighted by Crippen LogP contribution is -2.18. The van der Waals surface area contributed by atoms with Crippen LogP contribution < -0.4 is 5.32 Å². The molecule has 0 bridgehead atoms. The van der Waals surface area contributed by atoms with E-state index in [-0.39, 0.29) is 0 Å². The van der Waals surface area contributed by atoms with Gasteiger partial charge < -0.3 is 10.4 Å². The minimum absolute atomic E-state index is 0.583. The molecule has 1 aliphatic rings. The first-order valence-electron chi connectivity index (χ1n) is 4.38. The summed E-state index contributed by atoms with van der Waals surface area (Å²) >= 11 is 0. The molecule has 0 aliphatic carbocycles. The number of carboxylic acids is 1. The van der Waals surface area contributed by atoms with Gasteiger partial charge in [0.05, 0.1) is 5.41 Å². The first-order valence-corrected chi connectivity index (χ1v) is 4.38.